The Morgan fingerprint density at radius 2 is 1.64 bits per heavy atom. The molecule has 1 aromatic rings. The second-order valence-electron chi connectivity index (χ2n) is 5.12. The number of hydrogen-bond donors (Lipinski definition) is 3. The first-order chi connectivity index (χ1) is 11.8. The van der Waals surface area contributed by atoms with Gasteiger partial charge in [0, 0.05) is 0 Å². The van der Waals surface area contributed by atoms with Crippen LogP contribution in [-0.2, 0) is 9.59 Å². The molecule has 5 amide bonds. The van der Waals surface area contributed by atoms with Crippen LogP contribution in [0.15, 0.2) is 10.2 Å². The largest absolute Gasteiger partial charge is 0.385 e. The minimum atomic E-state index is -0.849. The highest BCUT2D eigenvalue weighted by atomic mass is 32.1. The van der Waals surface area contributed by atoms with E-state index < -0.39 is 23.8 Å². The van der Waals surface area contributed by atoms with Crippen molar-refractivity contribution in [2.75, 3.05) is 5.32 Å². The van der Waals surface area contributed by atoms with Crippen molar-refractivity contribution in [3.63, 3.8) is 0 Å². The highest BCUT2D eigenvalue weighted by molar-refractivity contribution is 7.17. The number of nitrogens with zero attached hydrogens (tertiary/aromatic N) is 5. The minimum absolute atomic E-state index is 0.0225. The molecule has 2 aliphatic heterocycles. The van der Waals surface area contributed by atoms with Gasteiger partial charge in [0.15, 0.2) is 5.13 Å². The molecule has 5 N–H and O–H groups in total. The summed E-state index contributed by atoms with van der Waals surface area (Å²) >= 11 is 0.833. The van der Waals surface area contributed by atoms with E-state index in [1.54, 1.807) is 0 Å². The van der Waals surface area contributed by atoms with E-state index in [4.69, 9.17) is 11.5 Å². The van der Waals surface area contributed by atoms with Crippen molar-refractivity contribution in [3.05, 3.63) is 10.6 Å². The lowest BCUT2D eigenvalue weighted by Gasteiger charge is -2.09. The summed E-state index contributed by atoms with van der Waals surface area (Å²) in [6, 6.07) is -0.849. The van der Waals surface area contributed by atoms with Gasteiger partial charge in [0.05, 0.1) is 18.5 Å². The molecule has 3 rings (SSSR count). The van der Waals surface area contributed by atoms with Crippen LogP contribution >= 0.6 is 11.3 Å². The average molecular weight is 364 g/mol. The highest BCUT2D eigenvalue weighted by Crippen LogP contribution is 2.26. The first-order valence-corrected chi connectivity index (χ1v) is 7.72. The van der Waals surface area contributed by atoms with Crippen molar-refractivity contribution in [2.45, 2.75) is 19.8 Å². The van der Waals surface area contributed by atoms with Gasteiger partial charge in [-0.25, -0.2) is 9.78 Å². The van der Waals surface area contributed by atoms with E-state index in [1.807, 2.05) is 0 Å². The fourth-order valence-electron chi connectivity index (χ4n) is 2.11. The molecule has 3 heterocycles. The van der Waals surface area contributed by atoms with Crippen LogP contribution in [0, 0.1) is 6.92 Å². The third-order valence-corrected chi connectivity index (χ3v) is 4.24. The molecule has 0 atom stereocenters. The van der Waals surface area contributed by atoms with E-state index >= 15 is 0 Å². The van der Waals surface area contributed by atoms with E-state index in [0.29, 0.717) is 10.0 Å². The van der Waals surface area contributed by atoms with Crippen LogP contribution in [0.4, 0.5) is 9.93 Å². The molecule has 0 spiro atoms. The fourth-order valence-corrected chi connectivity index (χ4v) is 2.99. The number of imide groups is 2. The van der Waals surface area contributed by atoms with Gasteiger partial charge in [-0.1, -0.05) is 11.3 Å². The number of hydrazone groups is 2. The van der Waals surface area contributed by atoms with E-state index in [-0.39, 0.29) is 40.2 Å². The fraction of sp³-hybridized carbons (Fsp3) is 0.250. The third-order valence-electron chi connectivity index (χ3n) is 3.18. The summed E-state index contributed by atoms with van der Waals surface area (Å²) < 4.78 is 0. The number of nitrogens with one attached hydrogen (secondary N) is 1. The summed E-state index contributed by atoms with van der Waals surface area (Å²) in [6.45, 7) is 1.53. The van der Waals surface area contributed by atoms with Crippen LogP contribution in [0.5, 0.6) is 0 Å². The quantitative estimate of drug-likeness (QED) is 0.571. The van der Waals surface area contributed by atoms with Gasteiger partial charge in [-0.2, -0.15) is 5.01 Å². The second kappa shape index (κ2) is 5.94. The maximum absolute atomic E-state index is 12.4. The van der Waals surface area contributed by atoms with Crippen LogP contribution in [0.1, 0.15) is 28.2 Å². The van der Waals surface area contributed by atoms with E-state index in [1.165, 1.54) is 6.92 Å². The number of aromatic nitrogens is 1. The number of nitrogens with two attached hydrogens (primary N) is 2. The van der Waals surface area contributed by atoms with Gasteiger partial charge in [0.1, 0.15) is 16.5 Å². The van der Waals surface area contributed by atoms with Gasteiger partial charge in [-0.3, -0.25) is 19.7 Å². The van der Waals surface area contributed by atoms with Gasteiger partial charge < -0.3 is 11.5 Å². The monoisotopic (exact) mass is 364 g/mol. The Morgan fingerprint density at radius 3 is 2.16 bits per heavy atom. The van der Waals surface area contributed by atoms with Crippen molar-refractivity contribution < 1.29 is 19.2 Å². The summed E-state index contributed by atoms with van der Waals surface area (Å²) in [5.41, 5.74) is 11.1. The van der Waals surface area contributed by atoms with Gasteiger partial charge in [-0.15, -0.1) is 15.2 Å². The first-order valence-electron chi connectivity index (χ1n) is 6.91. The number of amidine groups is 2. The Bertz CT molecular complexity index is 872. The zero-order valence-corrected chi connectivity index (χ0v) is 13.7. The molecule has 2 aliphatic rings. The smallest absolute Gasteiger partial charge is 0.351 e. The van der Waals surface area contributed by atoms with Crippen molar-refractivity contribution in [3.8, 4) is 0 Å². The zero-order valence-electron chi connectivity index (χ0n) is 12.8. The first kappa shape index (κ1) is 16.5. The van der Waals surface area contributed by atoms with Crippen LogP contribution < -0.4 is 16.8 Å². The minimum Gasteiger partial charge on any atom is -0.385 e. The lowest BCUT2D eigenvalue weighted by atomic mass is 10.3. The molecular weight excluding hydrogens is 352 g/mol. The van der Waals surface area contributed by atoms with Gasteiger partial charge in [0.2, 0.25) is 0 Å². The molecule has 25 heavy (non-hydrogen) atoms. The summed E-state index contributed by atoms with van der Waals surface area (Å²) in [7, 11) is 0. The predicted molar refractivity (Wildman–Crippen MR) is 86.4 cm³/mol. The molecule has 0 saturated heterocycles. The maximum atomic E-state index is 12.4. The zero-order chi connectivity index (χ0) is 18.3. The number of hydrogen-bond acceptors (Lipinski definition) is 10. The summed E-state index contributed by atoms with van der Waals surface area (Å²) in [5.74, 6) is -1.76. The molecule has 0 saturated carbocycles. The molecule has 12 nitrogen and oxygen atoms in total. The molecule has 0 radical (unpaired) electrons. The molecule has 0 bridgehead atoms. The van der Waals surface area contributed by atoms with Crippen molar-refractivity contribution in [2.24, 2.45) is 21.7 Å². The second-order valence-corrected chi connectivity index (χ2v) is 6.12. The number of urea groups is 1. The topological polar surface area (TPSA) is 176 Å². The normalized spacial score (nSPS) is 17.0. The maximum Gasteiger partial charge on any atom is 0.351 e. The molecule has 0 aromatic carbocycles. The lowest BCUT2D eigenvalue weighted by molar-refractivity contribution is -0.126. The number of aryl methyl sites for hydroxylation is 1. The van der Waals surface area contributed by atoms with Crippen LogP contribution in [-0.4, -0.2) is 50.4 Å². The predicted octanol–water partition coefficient (Wildman–Crippen LogP) is -0.867. The number of anilines is 1. The summed E-state index contributed by atoms with van der Waals surface area (Å²) in [5, 5.41) is 10.9. The Morgan fingerprint density at radius 1 is 1.08 bits per heavy atom. The Balaban J connectivity index is 1.77. The number of amides is 5. The van der Waals surface area contributed by atoms with Crippen LogP contribution in [0.25, 0.3) is 0 Å². The van der Waals surface area contributed by atoms with Crippen molar-refractivity contribution in [1.29, 1.82) is 0 Å². The average Bonchev–Trinajstić information content (AvgIpc) is 3.16. The summed E-state index contributed by atoms with van der Waals surface area (Å²) in [4.78, 5) is 51.8. The van der Waals surface area contributed by atoms with Crippen molar-refractivity contribution >= 4 is 51.9 Å². The molecule has 13 heteroatoms. The molecule has 1 aromatic heterocycles. The van der Waals surface area contributed by atoms with Crippen molar-refractivity contribution in [1.82, 2.24) is 15.0 Å². The van der Waals surface area contributed by atoms with Crippen LogP contribution in [0.3, 0.4) is 0 Å². The SMILES string of the molecule is Cc1nc(NC(=O)N2N=C(N)CC2=O)sc1C(=O)N1N=C(N)CC1=O. The summed E-state index contributed by atoms with van der Waals surface area (Å²) in [6.07, 6.45) is -0.283. The molecule has 0 unspecified atom stereocenters. The number of carbonyl (C=O) groups is 4. The Labute approximate surface area is 144 Å². The Kier molecular flexibility index (Phi) is 3.92. The molecule has 0 aliphatic carbocycles. The number of carbonyl (C=O) groups excluding carboxylic acids is 4. The van der Waals surface area contributed by atoms with E-state index in [0.717, 1.165) is 11.3 Å². The molecular formula is C12H12N8O4S. The van der Waals surface area contributed by atoms with Gasteiger partial charge in [-0.05, 0) is 6.92 Å². The van der Waals surface area contributed by atoms with E-state index in [9.17, 15) is 19.2 Å². The Hall–Kier alpha value is -3.35. The number of rotatable bonds is 2. The highest BCUT2D eigenvalue weighted by Gasteiger charge is 2.33. The van der Waals surface area contributed by atoms with Crippen LogP contribution in [0.2, 0.25) is 0 Å². The standard InChI is InChI=1S/C12H12N8O4S/c1-4-9(10(23)19-7(21)2-5(13)17-19)25-11(15-4)16-12(24)20-8(22)3-6(14)18-20/h2-3H2,1H3,(H2,13,17)(H2,14,18)(H,15,16,24). The van der Waals surface area contributed by atoms with Gasteiger partial charge in [0.25, 0.3) is 17.7 Å². The lowest BCUT2D eigenvalue weighted by Crippen LogP contribution is -2.32. The van der Waals surface area contributed by atoms with E-state index in [2.05, 4.69) is 20.5 Å². The molecule has 130 valence electrons. The number of thiazole rings is 1. The molecule has 0 fully saturated rings. The third kappa shape index (κ3) is 3.03. The van der Waals surface area contributed by atoms with Gasteiger partial charge >= 0.3 is 6.03 Å².